The van der Waals surface area contributed by atoms with Crippen molar-refractivity contribution in [3.8, 4) is 23.1 Å². The van der Waals surface area contributed by atoms with Gasteiger partial charge < -0.3 is 24.7 Å². The number of rotatable bonds is 5. The summed E-state index contributed by atoms with van der Waals surface area (Å²) >= 11 is 0. The van der Waals surface area contributed by atoms with Gasteiger partial charge in [0.1, 0.15) is 11.9 Å². The average Bonchev–Trinajstić information content (AvgIpc) is 3.50. The first-order chi connectivity index (χ1) is 15.8. The van der Waals surface area contributed by atoms with Crippen LogP contribution in [0.2, 0.25) is 0 Å². The van der Waals surface area contributed by atoms with Crippen molar-refractivity contribution in [1.29, 1.82) is 0 Å². The molecule has 2 heterocycles. The minimum absolute atomic E-state index is 0.0918. The Bertz CT molecular complexity index is 1060. The van der Waals surface area contributed by atoms with Crippen LogP contribution in [0.25, 0.3) is 11.3 Å². The molecule has 1 aromatic heterocycles. The Morgan fingerprint density at radius 2 is 1.91 bits per heavy atom. The van der Waals surface area contributed by atoms with Gasteiger partial charge >= 0.3 is 12.1 Å². The molecule has 174 valence electrons. The third-order valence-electron chi connectivity index (χ3n) is 5.53. The number of likely N-dealkylation sites (tertiary alicyclic amines) is 1. The van der Waals surface area contributed by atoms with E-state index in [4.69, 9.17) is 0 Å². The van der Waals surface area contributed by atoms with Crippen LogP contribution in [0.1, 0.15) is 44.1 Å². The lowest BCUT2D eigenvalue weighted by atomic mass is 10.0. The molecule has 0 radical (unpaired) electrons. The van der Waals surface area contributed by atoms with Gasteiger partial charge in [-0.3, -0.25) is 4.79 Å². The van der Waals surface area contributed by atoms with Crippen LogP contribution in [0, 0.1) is 17.8 Å². The van der Waals surface area contributed by atoms with Crippen molar-refractivity contribution in [2.45, 2.75) is 38.8 Å². The summed E-state index contributed by atoms with van der Waals surface area (Å²) in [7, 11) is 2.56. The lowest BCUT2D eigenvalue weighted by Gasteiger charge is -2.30. The van der Waals surface area contributed by atoms with Crippen molar-refractivity contribution in [2.75, 3.05) is 20.8 Å². The predicted octanol–water partition coefficient (Wildman–Crippen LogP) is 2.65. The van der Waals surface area contributed by atoms with Crippen LogP contribution in [0.4, 0.5) is 4.79 Å². The van der Waals surface area contributed by atoms with Crippen LogP contribution >= 0.6 is 0 Å². The highest BCUT2D eigenvalue weighted by atomic mass is 16.5. The van der Waals surface area contributed by atoms with Crippen molar-refractivity contribution >= 4 is 18.0 Å². The molecular formula is C24H28N4O5. The number of amides is 2. The Morgan fingerprint density at radius 3 is 2.55 bits per heavy atom. The lowest BCUT2D eigenvalue weighted by Crippen LogP contribution is -2.51. The maximum Gasteiger partial charge on any atom is 0.407 e. The first-order valence-electron chi connectivity index (χ1n) is 10.7. The van der Waals surface area contributed by atoms with E-state index in [0.717, 1.165) is 24.1 Å². The van der Waals surface area contributed by atoms with Gasteiger partial charge in [0.25, 0.3) is 0 Å². The van der Waals surface area contributed by atoms with Crippen LogP contribution in [-0.4, -0.2) is 59.6 Å². The van der Waals surface area contributed by atoms with E-state index < -0.39 is 18.1 Å². The van der Waals surface area contributed by atoms with Gasteiger partial charge in [-0.2, -0.15) is 0 Å². The minimum atomic E-state index is -0.675. The molecule has 9 nitrogen and oxygen atoms in total. The van der Waals surface area contributed by atoms with Crippen LogP contribution in [0.15, 0.2) is 30.5 Å². The third-order valence-corrected chi connectivity index (χ3v) is 5.53. The summed E-state index contributed by atoms with van der Waals surface area (Å²) in [6, 6.07) is 6.51. The summed E-state index contributed by atoms with van der Waals surface area (Å²) in [6.45, 7) is 4.36. The number of nitrogens with one attached hydrogen (secondary N) is 2. The molecule has 0 aliphatic carbocycles. The molecular weight excluding hydrogens is 424 g/mol. The Balaban J connectivity index is 1.76. The molecule has 1 fully saturated rings. The molecule has 2 amide bonds. The highest BCUT2D eigenvalue weighted by molar-refractivity contribution is 5.89. The molecule has 2 atom stereocenters. The Kier molecular flexibility index (Phi) is 7.72. The number of ether oxygens (including phenoxy) is 2. The van der Waals surface area contributed by atoms with E-state index in [2.05, 4.69) is 36.6 Å². The molecule has 0 unspecified atom stereocenters. The normalized spacial score (nSPS) is 16.0. The molecule has 0 bridgehead atoms. The van der Waals surface area contributed by atoms with E-state index >= 15 is 0 Å². The number of nitrogens with zero attached hydrogens (tertiary/aromatic N) is 2. The van der Waals surface area contributed by atoms with E-state index in [-0.39, 0.29) is 17.9 Å². The van der Waals surface area contributed by atoms with Gasteiger partial charge in [0.15, 0.2) is 0 Å². The second kappa shape index (κ2) is 10.7. The molecule has 33 heavy (non-hydrogen) atoms. The zero-order valence-corrected chi connectivity index (χ0v) is 19.2. The predicted molar refractivity (Wildman–Crippen MR) is 121 cm³/mol. The van der Waals surface area contributed by atoms with Gasteiger partial charge in [-0.25, -0.2) is 14.6 Å². The van der Waals surface area contributed by atoms with Gasteiger partial charge in [0.05, 0.1) is 32.2 Å². The average molecular weight is 453 g/mol. The van der Waals surface area contributed by atoms with E-state index in [1.165, 1.54) is 14.2 Å². The fraction of sp³-hybridized carbons (Fsp3) is 0.417. The summed E-state index contributed by atoms with van der Waals surface area (Å²) in [4.78, 5) is 45.7. The lowest BCUT2D eigenvalue weighted by molar-refractivity contribution is -0.135. The summed E-state index contributed by atoms with van der Waals surface area (Å²) in [5.74, 6) is 5.01. The zero-order chi connectivity index (χ0) is 24.0. The van der Waals surface area contributed by atoms with Gasteiger partial charge in [0.2, 0.25) is 5.91 Å². The quantitative estimate of drug-likeness (QED) is 0.533. The largest absolute Gasteiger partial charge is 0.459 e. The number of carbonyl (C=O) groups excluding carboxylic acids is 3. The van der Waals surface area contributed by atoms with Crippen LogP contribution in [-0.2, 0) is 19.1 Å². The number of aromatic nitrogens is 2. The molecule has 0 spiro atoms. The second-order valence-corrected chi connectivity index (χ2v) is 8.05. The monoisotopic (exact) mass is 452 g/mol. The first-order valence-corrected chi connectivity index (χ1v) is 10.7. The number of H-pyrrole nitrogens is 1. The van der Waals surface area contributed by atoms with Gasteiger partial charge in [-0.05, 0) is 36.5 Å². The number of alkyl carbamates (subject to hydrolysis) is 1. The van der Waals surface area contributed by atoms with Crippen molar-refractivity contribution in [2.24, 2.45) is 5.92 Å². The van der Waals surface area contributed by atoms with E-state index in [1.807, 2.05) is 38.1 Å². The molecule has 1 saturated heterocycles. The standard InChI is InChI=1S/C24H28N4O5/c1-15(2)21(27-24(31)33-4)23(30)28-13-5-6-19(28)22-25-14-18(26-22)17-10-7-16(8-11-17)9-12-20(29)32-3/h7-8,10-11,14-15,19,21H,5-6,13H2,1-4H3,(H,25,26)(H,27,31)/t19-,21-/m0/s1. The molecule has 3 rings (SSSR count). The Morgan fingerprint density at radius 1 is 1.18 bits per heavy atom. The molecule has 9 heteroatoms. The molecule has 1 aliphatic rings. The fourth-order valence-electron chi connectivity index (χ4n) is 3.75. The topological polar surface area (TPSA) is 114 Å². The Hall–Kier alpha value is -3.80. The van der Waals surface area contributed by atoms with Crippen molar-refractivity contribution in [3.05, 3.63) is 41.9 Å². The minimum Gasteiger partial charge on any atom is -0.459 e. The summed E-state index contributed by atoms with van der Waals surface area (Å²) in [5.41, 5.74) is 2.40. The third kappa shape index (κ3) is 5.71. The summed E-state index contributed by atoms with van der Waals surface area (Å²) in [5, 5.41) is 2.65. The summed E-state index contributed by atoms with van der Waals surface area (Å²) < 4.78 is 9.19. The van der Waals surface area contributed by atoms with Crippen LogP contribution in [0.5, 0.6) is 0 Å². The number of carbonyl (C=O) groups is 3. The van der Waals surface area contributed by atoms with Crippen molar-refractivity contribution in [1.82, 2.24) is 20.2 Å². The van der Waals surface area contributed by atoms with Crippen molar-refractivity contribution < 1.29 is 23.9 Å². The molecule has 1 aromatic carbocycles. The van der Waals surface area contributed by atoms with Crippen LogP contribution < -0.4 is 5.32 Å². The van der Waals surface area contributed by atoms with E-state index in [1.54, 1.807) is 11.1 Å². The maximum absolute atomic E-state index is 13.2. The summed E-state index contributed by atoms with van der Waals surface area (Å²) in [6.07, 6.45) is 2.74. The SMILES string of the molecule is COC(=O)C#Cc1ccc(-c2cnc([C@@H]3CCCN3C(=O)[C@@H](NC(=O)OC)C(C)C)[nH]2)cc1. The molecule has 1 aliphatic heterocycles. The Labute approximate surface area is 192 Å². The van der Waals surface area contributed by atoms with E-state index in [9.17, 15) is 14.4 Å². The fourth-order valence-corrected chi connectivity index (χ4v) is 3.75. The molecule has 2 aromatic rings. The van der Waals surface area contributed by atoms with Crippen LogP contribution in [0.3, 0.4) is 0 Å². The number of hydrogen-bond acceptors (Lipinski definition) is 6. The zero-order valence-electron chi connectivity index (χ0n) is 19.2. The maximum atomic E-state index is 13.2. The first kappa shape index (κ1) is 23.9. The van der Waals surface area contributed by atoms with Gasteiger partial charge in [-0.1, -0.05) is 31.9 Å². The van der Waals surface area contributed by atoms with Crippen molar-refractivity contribution in [3.63, 3.8) is 0 Å². The van der Waals surface area contributed by atoms with E-state index in [0.29, 0.717) is 17.9 Å². The highest BCUT2D eigenvalue weighted by Crippen LogP contribution is 2.32. The number of esters is 1. The number of hydrogen-bond donors (Lipinski definition) is 2. The smallest absolute Gasteiger partial charge is 0.407 e. The second-order valence-electron chi connectivity index (χ2n) is 8.05. The molecule has 2 N–H and O–H groups in total. The number of aromatic amines is 1. The highest BCUT2D eigenvalue weighted by Gasteiger charge is 2.37. The number of methoxy groups -OCH3 is 2. The van der Waals surface area contributed by atoms with Gasteiger partial charge in [-0.15, -0.1) is 0 Å². The molecule has 0 saturated carbocycles. The van der Waals surface area contributed by atoms with Gasteiger partial charge in [0, 0.05) is 18.0 Å². The number of imidazole rings is 1. The number of benzene rings is 1.